The maximum atomic E-state index is 5.99. The summed E-state index contributed by atoms with van der Waals surface area (Å²) in [6.45, 7) is 4.67. The van der Waals surface area contributed by atoms with Crippen molar-refractivity contribution in [1.82, 2.24) is 20.8 Å². The highest BCUT2D eigenvalue weighted by Gasteiger charge is 2.15. The van der Waals surface area contributed by atoms with Crippen LogP contribution in [0, 0.1) is 0 Å². The van der Waals surface area contributed by atoms with Gasteiger partial charge in [-0.1, -0.05) is 28.9 Å². The molecule has 3 rings (SSSR count). The number of nitrogens with one attached hydrogen (secondary N) is 2. The predicted molar refractivity (Wildman–Crippen MR) is 96.5 cm³/mol. The second kappa shape index (κ2) is 8.82. The van der Waals surface area contributed by atoms with Gasteiger partial charge in [0.05, 0.1) is 6.10 Å². The molecule has 1 aromatic heterocycles. The lowest BCUT2D eigenvalue weighted by molar-refractivity contribution is 0.114. The second-order valence-corrected chi connectivity index (χ2v) is 6.17. The Morgan fingerprint density at radius 2 is 2.32 bits per heavy atom. The Morgan fingerprint density at radius 1 is 1.40 bits per heavy atom. The predicted octanol–water partition coefficient (Wildman–Crippen LogP) is 2.62. The minimum absolute atomic E-state index is 0.252. The van der Waals surface area contributed by atoms with Crippen LogP contribution in [-0.4, -0.2) is 41.9 Å². The largest absolute Gasteiger partial charge is 0.376 e. The molecule has 0 aliphatic carbocycles. The molecular formula is C17H22ClN5O2. The molecule has 1 aliphatic heterocycles. The van der Waals surface area contributed by atoms with E-state index in [0.717, 1.165) is 38.1 Å². The summed E-state index contributed by atoms with van der Waals surface area (Å²) in [5.41, 5.74) is 0.815. The van der Waals surface area contributed by atoms with Crippen LogP contribution in [0.5, 0.6) is 0 Å². The number of aromatic nitrogens is 2. The third-order valence-corrected chi connectivity index (χ3v) is 4.02. The fraction of sp³-hybridized carbons (Fsp3) is 0.471. The van der Waals surface area contributed by atoms with Crippen molar-refractivity contribution in [3.8, 4) is 11.4 Å². The van der Waals surface area contributed by atoms with Gasteiger partial charge in [-0.05, 0) is 31.9 Å². The quantitative estimate of drug-likeness (QED) is 0.606. The molecule has 1 aliphatic rings. The van der Waals surface area contributed by atoms with Crippen LogP contribution in [0.3, 0.4) is 0 Å². The number of hydrogen-bond acceptors (Lipinski definition) is 5. The molecule has 0 amide bonds. The van der Waals surface area contributed by atoms with E-state index in [2.05, 4.69) is 25.8 Å². The van der Waals surface area contributed by atoms with E-state index in [4.69, 9.17) is 20.9 Å². The van der Waals surface area contributed by atoms with Crippen LogP contribution < -0.4 is 10.6 Å². The van der Waals surface area contributed by atoms with Crippen molar-refractivity contribution in [3.05, 3.63) is 35.2 Å². The fourth-order valence-electron chi connectivity index (χ4n) is 2.57. The van der Waals surface area contributed by atoms with Crippen LogP contribution in [-0.2, 0) is 11.3 Å². The first kappa shape index (κ1) is 17.7. The molecule has 2 aromatic rings. The zero-order chi connectivity index (χ0) is 17.5. The Labute approximate surface area is 151 Å². The molecular weight excluding hydrogens is 342 g/mol. The van der Waals surface area contributed by atoms with E-state index in [1.165, 1.54) is 0 Å². The number of rotatable bonds is 6. The molecule has 25 heavy (non-hydrogen) atoms. The first-order valence-corrected chi connectivity index (χ1v) is 8.84. The Kier molecular flexibility index (Phi) is 6.25. The SMILES string of the molecule is CCNC(=NCc1nc(-c2cccc(Cl)c2)no1)NCC1CCCO1. The lowest BCUT2D eigenvalue weighted by Gasteiger charge is -2.14. The Hall–Kier alpha value is -2.12. The normalized spacial score (nSPS) is 17.7. The molecule has 2 N–H and O–H groups in total. The van der Waals surface area contributed by atoms with Gasteiger partial charge in [0.2, 0.25) is 11.7 Å². The molecule has 2 heterocycles. The minimum Gasteiger partial charge on any atom is -0.376 e. The van der Waals surface area contributed by atoms with E-state index in [1.54, 1.807) is 12.1 Å². The Balaban J connectivity index is 1.60. The van der Waals surface area contributed by atoms with Gasteiger partial charge in [0, 0.05) is 30.3 Å². The molecule has 0 radical (unpaired) electrons. The number of halogens is 1. The lowest BCUT2D eigenvalue weighted by atomic mass is 10.2. The van der Waals surface area contributed by atoms with E-state index in [0.29, 0.717) is 29.2 Å². The third-order valence-electron chi connectivity index (χ3n) is 3.79. The average Bonchev–Trinajstić information content (AvgIpc) is 3.29. The Bertz CT molecular complexity index is 713. The third kappa shape index (κ3) is 5.17. The number of benzene rings is 1. The monoisotopic (exact) mass is 363 g/mol. The topological polar surface area (TPSA) is 84.6 Å². The van der Waals surface area contributed by atoms with Gasteiger partial charge in [0.15, 0.2) is 5.96 Å². The summed E-state index contributed by atoms with van der Waals surface area (Å²) in [5.74, 6) is 1.66. The van der Waals surface area contributed by atoms with Gasteiger partial charge in [-0.2, -0.15) is 4.98 Å². The van der Waals surface area contributed by atoms with Gasteiger partial charge in [-0.25, -0.2) is 4.99 Å². The minimum atomic E-state index is 0.252. The van der Waals surface area contributed by atoms with Gasteiger partial charge < -0.3 is 19.9 Å². The highest BCUT2D eigenvalue weighted by molar-refractivity contribution is 6.30. The van der Waals surface area contributed by atoms with Gasteiger partial charge in [0.1, 0.15) is 6.54 Å². The van der Waals surface area contributed by atoms with Gasteiger partial charge in [-0.3, -0.25) is 0 Å². The van der Waals surface area contributed by atoms with E-state index in [1.807, 2.05) is 19.1 Å². The van der Waals surface area contributed by atoms with E-state index < -0.39 is 0 Å². The molecule has 7 nitrogen and oxygen atoms in total. The summed E-state index contributed by atoms with van der Waals surface area (Å²) in [6, 6.07) is 7.34. The van der Waals surface area contributed by atoms with Crippen molar-refractivity contribution in [1.29, 1.82) is 0 Å². The fourth-order valence-corrected chi connectivity index (χ4v) is 2.76. The standard InChI is InChI=1S/C17H22ClN5O2/c1-2-19-17(20-10-14-7-4-8-24-14)21-11-15-22-16(23-25-15)12-5-3-6-13(18)9-12/h3,5-6,9,14H,2,4,7-8,10-11H2,1H3,(H2,19,20,21). The molecule has 1 unspecified atom stereocenters. The maximum absolute atomic E-state index is 5.99. The van der Waals surface area contributed by atoms with Crippen molar-refractivity contribution in [2.24, 2.45) is 4.99 Å². The van der Waals surface area contributed by atoms with Gasteiger partial charge in [0.25, 0.3) is 0 Å². The molecule has 1 saturated heterocycles. The van der Waals surface area contributed by atoms with Crippen molar-refractivity contribution >= 4 is 17.6 Å². The van der Waals surface area contributed by atoms with Gasteiger partial charge >= 0.3 is 0 Å². The smallest absolute Gasteiger partial charge is 0.248 e. The number of guanidine groups is 1. The summed E-state index contributed by atoms with van der Waals surface area (Å²) in [7, 11) is 0. The molecule has 1 atom stereocenters. The van der Waals surface area contributed by atoms with Crippen molar-refractivity contribution < 1.29 is 9.26 Å². The number of nitrogens with zero attached hydrogens (tertiary/aromatic N) is 3. The Morgan fingerprint density at radius 3 is 3.08 bits per heavy atom. The van der Waals surface area contributed by atoms with E-state index in [-0.39, 0.29) is 6.10 Å². The number of aliphatic imine (C=N–C) groups is 1. The van der Waals surface area contributed by atoms with Crippen LogP contribution in [0.15, 0.2) is 33.8 Å². The summed E-state index contributed by atoms with van der Waals surface area (Å²) in [5, 5.41) is 11.1. The van der Waals surface area contributed by atoms with Crippen LogP contribution in [0.2, 0.25) is 5.02 Å². The summed E-state index contributed by atoms with van der Waals surface area (Å²) in [4.78, 5) is 8.85. The number of ether oxygens (including phenoxy) is 1. The lowest BCUT2D eigenvalue weighted by Crippen LogP contribution is -2.41. The maximum Gasteiger partial charge on any atom is 0.248 e. The summed E-state index contributed by atoms with van der Waals surface area (Å²) >= 11 is 5.99. The van der Waals surface area contributed by atoms with Crippen LogP contribution >= 0.6 is 11.6 Å². The molecule has 0 spiro atoms. The molecule has 8 heteroatoms. The second-order valence-electron chi connectivity index (χ2n) is 5.73. The highest BCUT2D eigenvalue weighted by Crippen LogP contribution is 2.20. The molecule has 0 bridgehead atoms. The zero-order valence-corrected chi connectivity index (χ0v) is 14.9. The van der Waals surface area contributed by atoms with Crippen molar-refractivity contribution in [2.75, 3.05) is 19.7 Å². The van der Waals surface area contributed by atoms with Crippen LogP contribution in [0.25, 0.3) is 11.4 Å². The van der Waals surface area contributed by atoms with Crippen molar-refractivity contribution in [3.63, 3.8) is 0 Å². The van der Waals surface area contributed by atoms with Crippen molar-refractivity contribution in [2.45, 2.75) is 32.4 Å². The van der Waals surface area contributed by atoms with E-state index in [9.17, 15) is 0 Å². The zero-order valence-electron chi connectivity index (χ0n) is 14.2. The average molecular weight is 364 g/mol. The first-order chi connectivity index (χ1) is 12.2. The number of hydrogen-bond donors (Lipinski definition) is 2. The molecule has 1 fully saturated rings. The summed E-state index contributed by atoms with van der Waals surface area (Å²) < 4.78 is 10.9. The van der Waals surface area contributed by atoms with Crippen LogP contribution in [0.1, 0.15) is 25.7 Å². The first-order valence-electron chi connectivity index (χ1n) is 8.47. The molecule has 1 aromatic carbocycles. The highest BCUT2D eigenvalue weighted by atomic mass is 35.5. The summed E-state index contributed by atoms with van der Waals surface area (Å²) in [6.07, 6.45) is 2.45. The van der Waals surface area contributed by atoms with Gasteiger partial charge in [-0.15, -0.1) is 0 Å². The van der Waals surface area contributed by atoms with E-state index >= 15 is 0 Å². The van der Waals surface area contributed by atoms with Crippen LogP contribution in [0.4, 0.5) is 0 Å². The molecule has 134 valence electrons. The molecule has 0 saturated carbocycles.